The molecule has 0 amide bonds. The van der Waals surface area contributed by atoms with Gasteiger partial charge in [-0.2, -0.15) is 0 Å². The van der Waals surface area contributed by atoms with E-state index in [1.54, 1.807) is 7.11 Å². The summed E-state index contributed by atoms with van der Waals surface area (Å²) in [5.41, 5.74) is 2.58. The highest BCUT2D eigenvalue weighted by Gasteiger charge is 2.13. The highest BCUT2D eigenvalue weighted by atomic mass is 79.9. The van der Waals surface area contributed by atoms with Crippen LogP contribution >= 0.6 is 15.9 Å². The van der Waals surface area contributed by atoms with Crippen LogP contribution in [0.5, 0.6) is 0 Å². The molecule has 1 atom stereocenters. The molecule has 0 aliphatic heterocycles. The van der Waals surface area contributed by atoms with Gasteiger partial charge in [0.05, 0.1) is 6.61 Å². The van der Waals surface area contributed by atoms with E-state index in [0.717, 1.165) is 30.6 Å². The minimum absolute atomic E-state index is 0.345. The molecule has 0 saturated heterocycles. The van der Waals surface area contributed by atoms with Gasteiger partial charge in [-0.15, -0.1) is 0 Å². The maximum absolute atomic E-state index is 5.16. The maximum atomic E-state index is 5.16. The Bertz CT molecular complexity index is 384. The molecule has 0 heterocycles. The van der Waals surface area contributed by atoms with E-state index in [1.165, 1.54) is 11.3 Å². The first-order chi connectivity index (χ1) is 9.10. The molecule has 4 heteroatoms. The van der Waals surface area contributed by atoms with Crippen LogP contribution in [0.2, 0.25) is 0 Å². The van der Waals surface area contributed by atoms with Crippen LogP contribution in [0.15, 0.2) is 22.7 Å². The monoisotopic (exact) mass is 328 g/mol. The second kappa shape index (κ2) is 8.56. The van der Waals surface area contributed by atoms with E-state index in [4.69, 9.17) is 4.74 Å². The number of ether oxygens (including phenoxy) is 1. The van der Waals surface area contributed by atoms with Crippen LogP contribution in [-0.4, -0.2) is 33.9 Å². The van der Waals surface area contributed by atoms with Gasteiger partial charge >= 0.3 is 0 Å². The van der Waals surface area contributed by atoms with Gasteiger partial charge in [0.15, 0.2) is 0 Å². The van der Waals surface area contributed by atoms with Gasteiger partial charge in [-0.1, -0.05) is 22.9 Å². The highest BCUT2D eigenvalue weighted by Crippen LogP contribution is 2.29. The molecule has 1 rings (SSSR count). The first-order valence-electron chi connectivity index (χ1n) is 6.83. The largest absolute Gasteiger partial charge is 0.383 e. The highest BCUT2D eigenvalue weighted by molar-refractivity contribution is 9.10. The van der Waals surface area contributed by atoms with Gasteiger partial charge < -0.3 is 15.0 Å². The third-order valence-corrected chi connectivity index (χ3v) is 3.69. The van der Waals surface area contributed by atoms with Crippen molar-refractivity contribution in [3.8, 4) is 0 Å². The normalized spacial score (nSPS) is 12.5. The standard InChI is InChI=1S/C15H25BrN2O/c1-5-8-17-12(2)14-11-13(16)6-7-15(14)18(3)9-10-19-4/h6-7,11-12,17H,5,8-10H2,1-4H3. The molecule has 1 aromatic rings. The zero-order chi connectivity index (χ0) is 14.3. The number of methoxy groups -OCH3 is 1. The number of halogens is 1. The summed E-state index contributed by atoms with van der Waals surface area (Å²) >= 11 is 3.56. The Labute approximate surface area is 125 Å². The lowest BCUT2D eigenvalue weighted by molar-refractivity contribution is 0.206. The zero-order valence-corrected chi connectivity index (χ0v) is 14.0. The number of likely N-dealkylation sites (N-methyl/N-ethyl adjacent to an activating group) is 1. The fourth-order valence-corrected chi connectivity index (χ4v) is 2.42. The number of anilines is 1. The van der Waals surface area contributed by atoms with Crippen LogP contribution in [0.4, 0.5) is 5.69 Å². The molecule has 0 bridgehead atoms. The third-order valence-electron chi connectivity index (χ3n) is 3.20. The van der Waals surface area contributed by atoms with E-state index in [-0.39, 0.29) is 0 Å². The summed E-state index contributed by atoms with van der Waals surface area (Å²) in [5, 5.41) is 3.55. The molecule has 0 radical (unpaired) electrons. The summed E-state index contributed by atoms with van der Waals surface area (Å²) in [6.45, 7) is 7.07. The van der Waals surface area contributed by atoms with Gasteiger partial charge in [-0.3, -0.25) is 0 Å². The lowest BCUT2D eigenvalue weighted by Gasteiger charge is -2.25. The van der Waals surface area contributed by atoms with Gasteiger partial charge in [-0.05, 0) is 43.7 Å². The van der Waals surface area contributed by atoms with Crippen molar-refractivity contribution in [3.05, 3.63) is 28.2 Å². The zero-order valence-electron chi connectivity index (χ0n) is 12.4. The number of benzene rings is 1. The molecule has 0 fully saturated rings. The van der Waals surface area contributed by atoms with Gasteiger partial charge in [0.25, 0.3) is 0 Å². The lowest BCUT2D eigenvalue weighted by atomic mass is 10.1. The molecule has 19 heavy (non-hydrogen) atoms. The molecular weight excluding hydrogens is 304 g/mol. The van der Waals surface area contributed by atoms with E-state index in [9.17, 15) is 0 Å². The molecule has 3 nitrogen and oxygen atoms in total. The second-order valence-electron chi connectivity index (χ2n) is 4.79. The molecule has 1 unspecified atom stereocenters. The minimum Gasteiger partial charge on any atom is -0.383 e. The van der Waals surface area contributed by atoms with Crippen LogP contribution in [0.1, 0.15) is 31.9 Å². The Hall–Kier alpha value is -0.580. The Morgan fingerprint density at radius 3 is 2.79 bits per heavy atom. The number of rotatable bonds is 8. The van der Waals surface area contributed by atoms with Crippen LogP contribution < -0.4 is 10.2 Å². The molecular formula is C15H25BrN2O. The topological polar surface area (TPSA) is 24.5 Å². The second-order valence-corrected chi connectivity index (χ2v) is 5.71. The summed E-state index contributed by atoms with van der Waals surface area (Å²) in [6, 6.07) is 6.80. The Morgan fingerprint density at radius 2 is 2.16 bits per heavy atom. The number of hydrogen-bond donors (Lipinski definition) is 1. The number of hydrogen-bond acceptors (Lipinski definition) is 3. The number of nitrogens with zero attached hydrogens (tertiary/aromatic N) is 1. The van der Waals surface area contributed by atoms with Crippen LogP contribution in [0, 0.1) is 0 Å². The summed E-state index contributed by atoms with van der Waals surface area (Å²) in [6.07, 6.45) is 1.15. The molecule has 1 N–H and O–H groups in total. The molecule has 1 aromatic carbocycles. The summed E-state index contributed by atoms with van der Waals surface area (Å²) in [7, 11) is 3.85. The van der Waals surface area contributed by atoms with E-state index in [1.807, 2.05) is 0 Å². The van der Waals surface area contributed by atoms with Crippen molar-refractivity contribution in [2.24, 2.45) is 0 Å². The molecule has 0 spiro atoms. The minimum atomic E-state index is 0.345. The van der Waals surface area contributed by atoms with E-state index in [2.05, 4.69) is 65.2 Å². The Kier molecular flexibility index (Phi) is 7.42. The SMILES string of the molecule is CCCNC(C)c1cc(Br)ccc1N(C)CCOC. The van der Waals surface area contributed by atoms with E-state index < -0.39 is 0 Å². The van der Waals surface area contributed by atoms with Crippen molar-refractivity contribution >= 4 is 21.6 Å². The predicted octanol–water partition coefficient (Wildman–Crippen LogP) is 3.59. The Balaban J connectivity index is 2.90. The van der Waals surface area contributed by atoms with Crippen molar-refractivity contribution in [3.63, 3.8) is 0 Å². The summed E-state index contributed by atoms with van der Waals surface area (Å²) < 4.78 is 6.28. The quantitative estimate of drug-likeness (QED) is 0.789. The van der Waals surface area contributed by atoms with Gasteiger partial charge in [0.2, 0.25) is 0 Å². The lowest BCUT2D eigenvalue weighted by Crippen LogP contribution is -2.26. The maximum Gasteiger partial charge on any atom is 0.0637 e. The van der Waals surface area contributed by atoms with Gasteiger partial charge in [0.1, 0.15) is 0 Å². The predicted molar refractivity (Wildman–Crippen MR) is 86.0 cm³/mol. The number of nitrogens with one attached hydrogen (secondary N) is 1. The first-order valence-corrected chi connectivity index (χ1v) is 7.62. The summed E-state index contributed by atoms with van der Waals surface area (Å²) in [4.78, 5) is 2.25. The van der Waals surface area contributed by atoms with Crippen LogP contribution in [-0.2, 0) is 4.74 Å². The van der Waals surface area contributed by atoms with Crippen LogP contribution in [0.3, 0.4) is 0 Å². The van der Waals surface area contributed by atoms with Crippen molar-refractivity contribution in [1.82, 2.24) is 5.32 Å². The van der Waals surface area contributed by atoms with E-state index in [0.29, 0.717) is 6.04 Å². The van der Waals surface area contributed by atoms with Crippen molar-refractivity contribution in [2.45, 2.75) is 26.3 Å². The van der Waals surface area contributed by atoms with Crippen molar-refractivity contribution in [1.29, 1.82) is 0 Å². The van der Waals surface area contributed by atoms with Crippen molar-refractivity contribution in [2.75, 3.05) is 38.8 Å². The third kappa shape index (κ3) is 5.13. The smallest absolute Gasteiger partial charge is 0.0637 e. The fraction of sp³-hybridized carbons (Fsp3) is 0.600. The molecule has 0 aromatic heterocycles. The molecule has 0 saturated carbocycles. The van der Waals surface area contributed by atoms with Crippen molar-refractivity contribution < 1.29 is 4.74 Å². The summed E-state index contributed by atoms with van der Waals surface area (Å²) in [5.74, 6) is 0. The van der Waals surface area contributed by atoms with Crippen LogP contribution in [0.25, 0.3) is 0 Å². The first kappa shape index (κ1) is 16.5. The average Bonchev–Trinajstić information content (AvgIpc) is 2.41. The van der Waals surface area contributed by atoms with Gasteiger partial charge in [0, 0.05) is 36.9 Å². The fourth-order valence-electron chi connectivity index (χ4n) is 2.04. The average molecular weight is 329 g/mol. The molecule has 108 valence electrons. The van der Waals surface area contributed by atoms with E-state index >= 15 is 0 Å². The molecule has 0 aliphatic rings. The van der Waals surface area contributed by atoms with Gasteiger partial charge in [-0.25, -0.2) is 0 Å². The Morgan fingerprint density at radius 1 is 1.42 bits per heavy atom. The molecule has 0 aliphatic carbocycles.